The van der Waals surface area contributed by atoms with E-state index in [1.54, 1.807) is 0 Å². The van der Waals surface area contributed by atoms with Crippen molar-refractivity contribution in [3.8, 4) is 0 Å². The smallest absolute Gasteiger partial charge is 0.239 e. The molecule has 0 heterocycles. The van der Waals surface area contributed by atoms with Crippen molar-refractivity contribution in [3.63, 3.8) is 0 Å². The van der Waals surface area contributed by atoms with E-state index in [1.807, 2.05) is 25.1 Å². The first kappa shape index (κ1) is 18.2. The molecule has 1 N–H and O–H groups in total. The van der Waals surface area contributed by atoms with Crippen LogP contribution in [0, 0.1) is 6.92 Å². The Bertz CT molecular complexity index is 509. The zero-order valence-electron chi connectivity index (χ0n) is 13.8. The first-order valence-electron chi connectivity index (χ1n) is 7.17. The molecule has 1 aromatic rings. The lowest BCUT2D eigenvalue weighted by Gasteiger charge is -2.36. The number of hydrogen-bond acceptors (Lipinski definition) is 2. The minimum absolute atomic E-state index is 0.0376. The molecule has 0 saturated heterocycles. The quantitative estimate of drug-likeness (QED) is 0.629. The van der Waals surface area contributed by atoms with E-state index in [0.717, 1.165) is 16.8 Å². The fourth-order valence-electron chi connectivity index (χ4n) is 1.63. The fourth-order valence-corrected chi connectivity index (χ4v) is 2.65. The van der Waals surface area contributed by atoms with Crippen molar-refractivity contribution in [2.24, 2.45) is 0 Å². The van der Waals surface area contributed by atoms with Crippen LogP contribution in [0.5, 0.6) is 0 Å². The van der Waals surface area contributed by atoms with E-state index in [-0.39, 0.29) is 16.8 Å². The van der Waals surface area contributed by atoms with Crippen molar-refractivity contribution in [1.29, 1.82) is 0 Å². The second kappa shape index (κ2) is 6.94. The topological polar surface area (TPSA) is 38.3 Å². The summed E-state index contributed by atoms with van der Waals surface area (Å²) in [5, 5.41) is 3.00. The van der Waals surface area contributed by atoms with E-state index in [0.29, 0.717) is 6.61 Å². The average molecular weight is 328 g/mol. The molecule has 1 amide bonds. The monoisotopic (exact) mass is 327 g/mol. The van der Waals surface area contributed by atoms with Gasteiger partial charge in [-0.15, -0.1) is 11.6 Å². The number of rotatable bonds is 5. The Morgan fingerprint density at radius 1 is 1.33 bits per heavy atom. The molecule has 118 valence electrons. The van der Waals surface area contributed by atoms with Crippen LogP contribution in [-0.2, 0) is 15.8 Å². The Hall–Kier alpha value is -0.843. The molecule has 21 heavy (non-hydrogen) atoms. The van der Waals surface area contributed by atoms with Crippen LogP contribution in [0.2, 0.25) is 18.1 Å². The summed E-state index contributed by atoms with van der Waals surface area (Å²) in [6.45, 7) is 13.7. The van der Waals surface area contributed by atoms with Gasteiger partial charge >= 0.3 is 0 Å². The third-order valence-corrected chi connectivity index (χ3v) is 8.96. The van der Waals surface area contributed by atoms with Gasteiger partial charge in [0.2, 0.25) is 5.91 Å². The van der Waals surface area contributed by atoms with Gasteiger partial charge in [0.05, 0.1) is 6.61 Å². The molecule has 0 bridgehead atoms. The van der Waals surface area contributed by atoms with Gasteiger partial charge < -0.3 is 9.74 Å². The minimum Gasteiger partial charge on any atom is -0.413 e. The maximum Gasteiger partial charge on any atom is 0.239 e. The van der Waals surface area contributed by atoms with Gasteiger partial charge in [0, 0.05) is 5.69 Å². The van der Waals surface area contributed by atoms with Crippen LogP contribution in [0.25, 0.3) is 0 Å². The maximum atomic E-state index is 11.4. The van der Waals surface area contributed by atoms with Gasteiger partial charge in [0.15, 0.2) is 8.32 Å². The number of carbonyl (C=O) groups is 1. The molecular formula is C16H26ClNO2Si. The minimum atomic E-state index is -1.78. The number of anilines is 1. The van der Waals surface area contributed by atoms with Crippen molar-refractivity contribution in [3.05, 3.63) is 29.3 Å². The van der Waals surface area contributed by atoms with Crippen molar-refractivity contribution in [2.75, 3.05) is 11.2 Å². The fraction of sp³-hybridized carbons (Fsp3) is 0.562. The summed E-state index contributed by atoms with van der Waals surface area (Å²) >= 11 is 5.53. The number of amides is 1. The number of hydrogen-bond donors (Lipinski definition) is 1. The van der Waals surface area contributed by atoms with Gasteiger partial charge in [-0.2, -0.15) is 0 Å². The van der Waals surface area contributed by atoms with Gasteiger partial charge in [-0.05, 0) is 42.2 Å². The molecular weight excluding hydrogens is 302 g/mol. The zero-order valence-corrected chi connectivity index (χ0v) is 15.6. The molecule has 0 atom stereocenters. The van der Waals surface area contributed by atoms with Crippen molar-refractivity contribution in [1.82, 2.24) is 0 Å². The van der Waals surface area contributed by atoms with Gasteiger partial charge in [0.1, 0.15) is 5.88 Å². The molecule has 0 spiro atoms. The highest BCUT2D eigenvalue weighted by atomic mass is 35.5. The number of halogens is 1. The number of benzene rings is 1. The zero-order chi connectivity index (χ0) is 16.3. The van der Waals surface area contributed by atoms with E-state index in [2.05, 4.69) is 39.2 Å². The van der Waals surface area contributed by atoms with Crippen LogP contribution >= 0.6 is 11.6 Å². The van der Waals surface area contributed by atoms with Crippen LogP contribution in [0.1, 0.15) is 31.9 Å². The Morgan fingerprint density at radius 2 is 1.95 bits per heavy atom. The predicted octanol–water partition coefficient (Wildman–Crippen LogP) is 4.69. The Balaban J connectivity index is 2.86. The molecule has 0 saturated carbocycles. The van der Waals surface area contributed by atoms with Gasteiger partial charge in [-0.25, -0.2) is 0 Å². The summed E-state index contributed by atoms with van der Waals surface area (Å²) in [4.78, 5) is 11.4. The highest BCUT2D eigenvalue weighted by Gasteiger charge is 2.37. The second-order valence-electron chi connectivity index (χ2n) is 6.82. The van der Waals surface area contributed by atoms with Gasteiger partial charge in [-0.3, -0.25) is 4.79 Å². The predicted molar refractivity (Wildman–Crippen MR) is 92.5 cm³/mol. The summed E-state index contributed by atoms with van der Waals surface area (Å²) in [6.07, 6.45) is 0. The molecule has 1 rings (SSSR count). The highest BCUT2D eigenvalue weighted by molar-refractivity contribution is 6.74. The van der Waals surface area contributed by atoms with E-state index < -0.39 is 8.32 Å². The summed E-state index contributed by atoms with van der Waals surface area (Å²) in [6, 6.07) is 5.86. The molecule has 0 radical (unpaired) electrons. The lowest BCUT2D eigenvalue weighted by atomic mass is 10.1. The molecule has 0 fully saturated rings. The van der Waals surface area contributed by atoms with Gasteiger partial charge in [0.25, 0.3) is 0 Å². The molecule has 0 aliphatic heterocycles. The summed E-state index contributed by atoms with van der Waals surface area (Å²) in [5.74, 6) is -0.230. The van der Waals surface area contributed by atoms with E-state index in [4.69, 9.17) is 16.0 Å². The lowest BCUT2D eigenvalue weighted by Crippen LogP contribution is -2.40. The Kier molecular flexibility index (Phi) is 6.02. The molecule has 3 nitrogen and oxygen atoms in total. The van der Waals surface area contributed by atoms with Gasteiger partial charge in [-0.1, -0.05) is 32.9 Å². The molecule has 0 unspecified atom stereocenters. The largest absolute Gasteiger partial charge is 0.413 e. The Morgan fingerprint density at radius 3 is 2.48 bits per heavy atom. The third kappa shape index (κ3) is 4.83. The average Bonchev–Trinajstić information content (AvgIpc) is 2.38. The van der Waals surface area contributed by atoms with Crippen LogP contribution < -0.4 is 5.32 Å². The van der Waals surface area contributed by atoms with Crippen LogP contribution in [0.4, 0.5) is 5.69 Å². The SMILES string of the molecule is Cc1c(CO[Si](C)(C)C(C)(C)C)cccc1NC(=O)CCl. The standard InChI is InChI=1S/C16H26ClNO2Si/c1-12-13(11-20-21(5,6)16(2,3)4)8-7-9-14(12)18-15(19)10-17/h7-9H,10-11H2,1-6H3,(H,18,19). The number of carbonyl (C=O) groups excluding carboxylic acids is 1. The molecule has 1 aromatic carbocycles. The van der Waals surface area contributed by atoms with Crippen LogP contribution in [0.15, 0.2) is 18.2 Å². The maximum absolute atomic E-state index is 11.4. The molecule has 0 aliphatic carbocycles. The Labute approximate surface area is 134 Å². The highest BCUT2D eigenvalue weighted by Crippen LogP contribution is 2.37. The van der Waals surface area contributed by atoms with E-state index in [1.165, 1.54) is 0 Å². The van der Waals surface area contributed by atoms with Crippen molar-refractivity contribution >= 4 is 31.5 Å². The first-order valence-corrected chi connectivity index (χ1v) is 10.6. The second-order valence-corrected chi connectivity index (χ2v) is 11.9. The molecule has 0 aliphatic rings. The number of alkyl halides is 1. The summed E-state index contributed by atoms with van der Waals surface area (Å²) in [5.41, 5.74) is 2.94. The molecule has 0 aromatic heterocycles. The normalized spacial score (nSPS) is 12.3. The first-order chi connectivity index (χ1) is 9.58. The van der Waals surface area contributed by atoms with Crippen LogP contribution in [0.3, 0.4) is 0 Å². The molecule has 5 heteroatoms. The summed E-state index contributed by atoms with van der Waals surface area (Å²) < 4.78 is 6.25. The van der Waals surface area contributed by atoms with Crippen molar-refractivity contribution in [2.45, 2.75) is 52.4 Å². The van der Waals surface area contributed by atoms with Crippen molar-refractivity contribution < 1.29 is 9.22 Å². The van der Waals surface area contributed by atoms with E-state index in [9.17, 15) is 4.79 Å². The lowest BCUT2D eigenvalue weighted by molar-refractivity contribution is -0.113. The third-order valence-electron chi connectivity index (χ3n) is 4.24. The van der Waals surface area contributed by atoms with E-state index >= 15 is 0 Å². The van der Waals surface area contributed by atoms with Crippen LogP contribution in [-0.4, -0.2) is 20.1 Å². The number of nitrogens with one attached hydrogen (secondary N) is 1. The summed E-state index contributed by atoms with van der Waals surface area (Å²) in [7, 11) is -1.78.